The Hall–Kier alpha value is -2.06. The second-order valence-corrected chi connectivity index (χ2v) is 4.36. The molecule has 3 atom stereocenters. The van der Waals surface area contributed by atoms with Gasteiger partial charge in [0.25, 0.3) is 6.29 Å². The summed E-state index contributed by atoms with van der Waals surface area (Å²) in [6.45, 7) is 6.10. The van der Waals surface area contributed by atoms with Crippen molar-refractivity contribution < 1.29 is 29.2 Å². The minimum Gasteiger partial charge on any atom is -0.569 e. The van der Waals surface area contributed by atoms with Crippen LogP contribution in [-0.2, 0) is 19.2 Å². The molecule has 0 spiro atoms. The fraction of sp³-hybridized carbons (Fsp3) is 0.818. The zero-order valence-electron chi connectivity index (χ0n) is 12.3. The molecule has 0 aromatic heterocycles. The van der Waals surface area contributed by atoms with E-state index >= 15 is 0 Å². The molecule has 0 fully saturated rings. The van der Waals surface area contributed by atoms with Gasteiger partial charge in [0.2, 0.25) is 5.28 Å². The summed E-state index contributed by atoms with van der Waals surface area (Å²) in [7, 11) is 1.29. The third-order valence-corrected chi connectivity index (χ3v) is 2.71. The number of likely N-dealkylation sites (N-methyl/N-ethyl adjacent to an activating group) is 1. The number of hydrogen-bond donors (Lipinski definition) is 1. The largest absolute Gasteiger partial charge is 0.569 e. The number of esters is 1. The predicted molar refractivity (Wildman–Crippen MR) is 67.0 cm³/mol. The summed E-state index contributed by atoms with van der Waals surface area (Å²) in [6.07, 6.45) is -0.455. The van der Waals surface area contributed by atoms with Gasteiger partial charge in [-0.3, -0.25) is 9.63 Å². The van der Waals surface area contributed by atoms with Crippen LogP contribution in [0.4, 0.5) is 0 Å². The van der Waals surface area contributed by atoms with Crippen molar-refractivity contribution in [2.24, 2.45) is 11.2 Å². The number of carboxylic acids is 1. The number of carbonyl (C=O) groups excluding carboxylic acids is 1. The van der Waals surface area contributed by atoms with Crippen LogP contribution in [0.25, 0.3) is 0 Å². The smallest absolute Gasteiger partial charge is 0.332 e. The first-order chi connectivity index (χ1) is 9.20. The van der Waals surface area contributed by atoms with E-state index in [0.717, 1.165) is 5.01 Å². The van der Waals surface area contributed by atoms with E-state index in [9.17, 15) is 14.8 Å². The standard InChI is InChI=1S/C11H21N3O6/c1-6-7(2)10(11(16)17)13(5)14(18)12-20-9(4)19-8(3)15/h7,9-10H,6H2,1-5H3,(H,16,17)/b14-12-/t7-,9?,10+/m1/s1. The molecule has 0 heterocycles. The van der Waals surface area contributed by atoms with Crippen molar-refractivity contribution in [3.8, 4) is 0 Å². The summed E-state index contributed by atoms with van der Waals surface area (Å²) >= 11 is 0. The van der Waals surface area contributed by atoms with Crippen molar-refractivity contribution in [2.45, 2.75) is 46.4 Å². The number of aliphatic carboxylic acids is 1. The normalized spacial score (nSPS) is 15.9. The van der Waals surface area contributed by atoms with Crippen molar-refractivity contribution in [1.82, 2.24) is 5.01 Å². The Kier molecular flexibility index (Phi) is 7.34. The Labute approximate surface area is 117 Å². The molecule has 9 nitrogen and oxygen atoms in total. The summed E-state index contributed by atoms with van der Waals surface area (Å²) in [5.74, 6) is -1.97. The molecule has 1 unspecified atom stereocenters. The summed E-state index contributed by atoms with van der Waals surface area (Å²) < 4.78 is 4.60. The van der Waals surface area contributed by atoms with E-state index in [-0.39, 0.29) is 10.9 Å². The zero-order valence-corrected chi connectivity index (χ0v) is 12.3. The van der Waals surface area contributed by atoms with Gasteiger partial charge in [-0.05, 0) is 5.92 Å². The summed E-state index contributed by atoms with van der Waals surface area (Å²) in [4.78, 5) is 26.5. The SMILES string of the molecule is CC[C@@H](C)[C@@H](C(=O)O)N(C)/[N+]([O-])=N/OC(C)OC(C)=O. The van der Waals surface area contributed by atoms with Gasteiger partial charge in [0, 0.05) is 13.8 Å². The maximum absolute atomic E-state index is 11.6. The Morgan fingerprint density at radius 3 is 2.40 bits per heavy atom. The quantitative estimate of drug-likeness (QED) is 0.234. The summed E-state index contributed by atoms with van der Waals surface area (Å²) in [5, 5.41) is 24.8. The van der Waals surface area contributed by atoms with Crippen molar-refractivity contribution in [3.63, 3.8) is 0 Å². The van der Waals surface area contributed by atoms with E-state index in [4.69, 9.17) is 5.11 Å². The molecule has 1 N–H and O–H groups in total. The molecule has 0 aromatic rings. The molecule has 0 aliphatic carbocycles. The number of hydrogen-bond acceptors (Lipinski definition) is 6. The maximum atomic E-state index is 11.6. The molecule has 0 saturated carbocycles. The molecule has 20 heavy (non-hydrogen) atoms. The van der Waals surface area contributed by atoms with Gasteiger partial charge in [-0.2, -0.15) is 0 Å². The van der Waals surface area contributed by atoms with Gasteiger partial charge in [0.1, 0.15) is 0 Å². The number of ether oxygens (including phenoxy) is 1. The topological polar surface area (TPSA) is 114 Å². The number of rotatable bonds is 8. The first kappa shape index (κ1) is 17.9. The average Bonchev–Trinajstić information content (AvgIpc) is 2.34. The van der Waals surface area contributed by atoms with Gasteiger partial charge >= 0.3 is 11.9 Å². The second-order valence-electron chi connectivity index (χ2n) is 4.36. The van der Waals surface area contributed by atoms with Crippen LogP contribution in [-0.4, -0.2) is 46.4 Å². The lowest BCUT2D eigenvalue weighted by atomic mass is 9.99. The zero-order chi connectivity index (χ0) is 15.9. The van der Waals surface area contributed by atoms with Crippen LogP contribution in [0.15, 0.2) is 5.28 Å². The van der Waals surface area contributed by atoms with E-state index < -0.39 is 24.3 Å². The molecule has 0 amide bonds. The van der Waals surface area contributed by atoms with Crippen LogP contribution >= 0.6 is 0 Å². The van der Waals surface area contributed by atoms with E-state index in [2.05, 4.69) is 14.9 Å². The van der Waals surface area contributed by atoms with E-state index in [1.807, 2.05) is 6.92 Å². The Morgan fingerprint density at radius 1 is 1.45 bits per heavy atom. The molecular weight excluding hydrogens is 270 g/mol. The van der Waals surface area contributed by atoms with Gasteiger partial charge in [0.15, 0.2) is 6.04 Å². The minimum absolute atomic E-state index is 0.0188. The molecule has 0 saturated heterocycles. The maximum Gasteiger partial charge on any atom is 0.332 e. The Morgan fingerprint density at radius 2 is 2.00 bits per heavy atom. The van der Waals surface area contributed by atoms with E-state index in [1.54, 1.807) is 6.92 Å². The molecule has 0 rings (SSSR count). The highest BCUT2D eigenvalue weighted by molar-refractivity contribution is 5.73. The van der Waals surface area contributed by atoms with E-state index in [1.165, 1.54) is 20.9 Å². The highest BCUT2D eigenvalue weighted by Gasteiger charge is 2.33. The molecule has 0 aliphatic rings. The highest BCUT2D eigenvalue weighted by Crippen LogP contribution is 2.14. The summed E-state index contributed by atoms with van der Waals surface area (Å²) in [5.41, 5.74) is 0. The molecule has 116 valence electrons. The van der Waals surface area contributed by atoms with Crippen molar-refractivity contribution in [3.05, 3.63) is 5.21 Å². The highest BCUT2D eigenvalue weighted by atomic mass is 16.8. The average molecular weight is 291 g/mol. The van der Waals surface area contributed by atoms with Gasteiger partial charge in [0.05, 0.1) is 12.0 Å². The van der Waals surface area contributed by atoms with Gasteiger partial charge in [-0.1, -0.05) is 20.3 Å². The second kappa shape index (κ2) is 8.18. The van der Waals surface area contributed by atoms with Crippen LogP contribution in [0.5, 0.6) is 0 Å². The van der Waals surface area contributed by atoms with E-state index in [0.29, 0.717) is 6.42 Å². The van der Waals surface area contributed by atoms with Crippen molar-refractivity contribution in [2.75, 3.05) is 7.05 Å². The Balaban J connectivity index is 4.75. The Bertz CT molecular complexity index is 373. The van der Waals surface area contributed by atoms with Gasteiger partial charge < -0.3 is 15.1 Å². The van der Waals surface area contributed by atoms with Crippen LogP contribution in [0, 0.1) is 11.1 Å². The molecule has 9 heteroatoms. The fourth-order valence-electron chi connectivity index (χ4n) is 1.52. The monoisotopic (exact) mass is 291 g/mol. The predicted octanol–water partition coefficient (Wildman–Crippen LogP) is 1.14. The fourth-order valence-corrected chi connectivity index (χ4v) is 1.52. The lowest BCUT2D eigenvalue weighted by Gasteiger charge is -2.24. The minimum atomic E-state index is -1.13. The first-order valence-electron chi connectivity index (χ1n) is 6.17. The van der Waals surface area contributed by atoms with Crippen molar-refractivity contribution in [1.29, 1.82) is 0 Å². The van der Waals surface area contributed by atoms with Gasteiger partial charge in [-0.15, -0.1) is 5.01 Å². The lowest BCUT2D eigenvalue weighted by Crippen LogP contribution is -2.46. The van der Waals surface area contributed by atoms with Crippen molar-refractivity contribution >= 4 is 11.9 Å². The molecular formula is C11H21N3O6. The number of carbonyl (C=O) groups is 2. The molecule has 0 bridgehead atoms. The summed E-state index contributed by atoms with van der Waals surface area (Å²) in [6, 6.07) is -1.03. The van der Waals surface area contributed by atoms with Crippen LogP contribution in [0.3, 0.4) is 0 Å². The van der Waals surface area contributed by atoms with Crippen LogP contribution < -0.4 is 0 Å². The molecule has 0 radical (unpaired) electrons. The number of nitrogens with zero attached hydrogens (tertiary/aromatic N) is 3. The number of hydrazine groups is 1. The first-order valence-corrected chi connectivity index (χ1v) is 6.17. The van der Waals surface area contributed by atoms with Gasteiger partial charge in [-0.25, -0.2) is 4.79 Å². The third-order valence-electron chi connectivity index (χ3n) is 2.71. The van der Waals surface area contributed by atoms with Crippen LogP contribution in [0.1, 0.15) is 34.1 Å². The third kappa shape index (κ3) is 5.72. The molecule has 0 aliphatic heterocycles. The number of carboxylic acid groups (broad SMARTS) is 1. The lowest BCUT2D eigenvalue weighted by molar-refractivity contribution is -0.713. The molecule has 0 aromatic carbocycles. The van der Waals surface area contributed by atoms with Crippen LogP contribution in [0.2, 0.25) is 0 Å².